The molecule has 4 aromatic rings. The first-order valence-corrected chi connectivity index (χ1v) is 22.2. The van der Waals surface area contributed by atoms with Gasteiger partial charge in [0, 0.05) is 55.1 Å². The van der Waals surface area contributed by atoms with Gasteiger partial charge >= 0.3 is 6.18 Å². The van der Waals surface area contributed by atoms with Crippen molar-refractivity contribution in [2.75, 3.05) is 24.6 Å². The normalized spacial score (nSPS) is 20.2. The highest BCUT2D eigenvalue weighted by atomic mass is 32.2. The highest BCUT2D eigenvalue weighted by Gasteiger charge is 2.45. The number of benzene rings is 2. The molecule has 1 unspecified atom stereocenters. The van der Waals surface area contributed by atoms with Crippen molar-refractivity contribution in [3.63, 3.8) is 0 Å². The second kappa shape index (κ2) is 18.0. The van der Waals surface area contributed by atoms with Gasteiger partial charge in [0.15, 0.2) is 11.9 Å². The lowest BCUT2D eigenvalue weighted by atomic mass is 9.68. The average molecular weight is 893 g/mol. The molecule has 1 saturated heterocycles. The lowest BCUT2D eigenvalue weighted by molar-refractivity contribution is -0.137. The maximum Gasteiger partial charge on any atom is 0.416 e. The summed E-state index contributed by atoms with van der Waals surface area (Å²) in [5.41, 5.74) is -0.750. The van der Waals surface area contributed by atoms with Crippen LogP contribution in [-0.4, -0.2) is 65.2 Å². The van der Waals surface area contributed by atoms with Gasteiger partial charge in [-0.25, -0.2) is 23.1 Å². The average Bonchev–Trinajstić information content (AvgIpc) is 3.19. The van der Waals surface area contributed by atoms with Gasteiger partial charge in [0.05, 0.1) is 40.8 Å². The first-order valence-electron chi connectivity index (χ1n) is 20.8. The minimum Gasteiger partial charge on any atom is -0.490 e. The molecule has 62 heavy (non-hydrogen) atoms. The Morgan fingerprint density at radius 2 is 1.52 bits per heavy atom. The third-order valence-electron chi connectivity index (χ3n) is 12.1. The van der Waals surface area contributed by atoms with Crippen LogP contribution in [0, 0.1) is 5.41 Å². The number of ether oxygens (including phenoxy) is 1. The fraction of sp³-hybridized carbons (Fsp3) is 0.533. The number of piperidine rings is 1. The number of nitrogens with zero attached hydrogens (tertiary/aromatic N) is 4. The van der Waals surface area contributed by atoms with Crippen LogP contribution >= 0.6 is 0 Å². The number of alkyl halides is 6. The van der Waals surface area contributed by atoms with Gasteiger partial charge in [-0.15, -0.1) is 0 Å². The molecule has 2 aromatic heterocycles. The molecule has 2 aromatic carbocycles. The van der Waals surface area contributed by atoms with Crippen LogP contribution in [0.25, 0.3) is 0 Å². The molecule has 1 aliphatic heterocycles. The Balaban J connectivity index is 0.00000641. The summed E-state index contributed by atoms with van der Waals surface area (Å²) >= 11 is 0. The molecule has 0 radical (unpaired) electrons. The summed E-state index contributed by atoms with van der Waals surface area (Å²) in [6.45, 7) is 8.45. The fourth-order valence-corrected chi connectivity index (χ4v) is 9.95. The Morgan fingerprint density at radius 1 is 0.903 bits per heavy atom. The van der Waals surface area contributed by atoms with E-state index in [0.29, 0.717) is 73.0 Å². The van der Waals surface area contributed by atoms with Crippen LogP contribution in [0.2, 0.25) is 0 Å². The first kappa shape index (κ1) is 47.2. The Morgan fingerprint density at radius 3 is 2.10 bits per heavy atom. The number of hydrogen-bond donors (Lipinski definition) is 1. The van der Waals surface area contributed by atoms with Gasteiger partial charge in [-0.3, -0.25) is 9.17 Å². The van der Waals surface area contributed by atoms with Gasteiger partial charge < -0.3 is 20.2 Å². The number of anilines is 1. The molecule has 338 valence electrons. The maximum absolute atomic E-state index is 17.8. The molecule has 2 atom stereocenters. The van der Waals surface area contributed by atoms with E-state index in [4.69, 9.17) is 13.9 Å². The largest absolute Gasteiger partial charge is 0.490 e. The summed E-state index contributed by atoms with van der Waals surface area (Å²) < 4.78 is 128. The number of aliphatic hydroxyl groups is 1. The van der Waals surface area contributed by atoms with Gasteiger partial charge in [-0.2, -0.15) is 21.6 Å². The fourth-order valence-electron chi connectivity index (χ4n) is 8.88. The lowest BCUT2D eigenvalue weighted by Crippen LogP contribution is -2.36. The predicted octanol–water partition coefficient (Wildman–Crippen LogP) is 9.76. The number of rotatable bonds is 12. The summed E-state index contributed by atoms with van der Waals surface area (Å²) in [7, 11) is -4.38. The zero-order chi connectivity index (χ0) is 44.0. The highest BCUT2D eigenvalue weighted by molar-refractivity contribution is 7.86. The van der Waals surface area contributed by atoms with E-state index >= 15 is 4.39 Å². The molecule has 0 bridgehead atoms. The Hall–Kier alpha value is -4.32. The van der Waals surface area contributed by atoms with E-state index in [2.05, 4.69) is 9.97 Å². The van der Waals surface area contributed by atoms with Crippen LogP contribution in [0.15, 0.2) is 71.9 Å². The second-order valence-corrected chi connectivity index (χ2v) is 19.7. The van der Waals surface area contributed by atoms with E-state index < -0.39 is 69.8 Å². The molecule has 1 saturated carbocycles. The van der Waals surface area contributed by atoms with Gasteiger partial charge in [0.25, 0.3) is 10.1 Å². The molecule has 3 N–H and O–H groups in total. The van der Waals surface area contributed by atoms with Crippen LogP contribution < -0.4 is 9.64 Å². The summed E-state index contributed by atoms with van der Waals surface area (Å²) in [5.74, 6) is -3.06. The van der Waals surface area contributed by atoms with Crippen LogP contribution in [0.3, 0.4) is 0 Å². The van der Waals surface area contributed by atoms with Crippen molar-refractivity contribution in [3.05, 3.63) is 106 Å². The van der Waals surface area contributed by atoms with Crippen LogP contribution in [0.4, 0.5) is 32.3 Å². The molecule has 17 heteroatoms. The molecule has 10 nitrogen and oxygen atoms in total. The number of hydrogen-bond acceptors (Lipinski definition) is 9. The van der Waals surface area contributed by atoms with Crippen molar-refractivity contribution >= 4 is 16.1 Å². The summed E-state index contributed by atoms with van der Waals surface area (Å²) in [6.07, 6.45) is -3.83. The molecular formula is C45H54F6N4O6S. The minimum atomic E-state index is -4.66. The highest BCUT2D eigenvalue weighted by Crippen LogP contribution is 2.54. The molecule has 3 aliphatic rings. The number of aromatic nitrogens is 3. The molecule has 2 aliphatic carbocycles. The second-order valence-electron chi connectivity index (χ2n) is 18.1. The van der Waals surface area contributed by atoms with Crippen molar-refractivity contribution in [1.29, 1.82) is 0 Å². The van der Waals surface area contributed by atoms with E-state index in [1.165, 1.54) is 12.1 Å². The lowest BCUT2D eigenvalue weighted by Gasteiger charge is -2.42. The van der Waals surface area contributed by atoms with Crippen molar-refractivity contribution in [1.82, 2.24) is 15.0 Å². The summed E-state index contributed by atoms with van der Waals surface area (Å²) in [4.78, 5) is 16.1. The molecule has 0 amide bonds. The number of halogens is 6. The van der Waals surface area contributed by atoms with Crippen molar-refractivity contribution in [2.45, 2.75) is 132 Å². The molecule has 0 spiro atoms. The standard InChI is InChI=1S/C45H52F6N4O5S.H2O/c1-42(2)24-34-37(35(25-42)60-61(57,58)33-8-6-5-7-9-33)36(28-14-18-44(47,48)19-15-28)38(39(46)29-10-12-31(13-11-29)45(49,50)51)40(54-34)30-16-21-55(22-17-30)41-52-26-32(27-53-41)59-23-20-43(3,4)56;/h5-13,26-28,30,35,39,56H,14-25H2,1-4H3;1H2/t35-,39?;/m0./s1. The van der Waals surface area contributed by atoms with Crippen molar-refractivity contribution in [3.8, 4) is 5.75 Å². The first-order chi connectivity index (χ1) is 28.6. The van der Waals surface area contributed by atoms with E-state index in [1.54, 1.807) is 44.4 Å². The van der Waals surface area contributed by atoms with Gasteiger partial charge in [0.2, 0.25) is 11.9 Å². The molecular weight excluding hydrogens is 839 g/mol. The Labute approximate surface area is 358 Å². The predicted molar refractivity (Wildman–Crippen MR) is 221 cm³/mol. The van der Waals surface area contributed by atoms with E-state index in [-0.39, 0.29) is 53.3 Å². The minimum absolute atomic E-state index is 0. The quantitative estimate of drug-likeness (QED) is 0.109. The third-order valence-corrected chi connectivity index (χ3v) is 13.4. The van der Waals surface area contributed by atoms with Gasteiger partial charge in [-0.1, -0.05) is 44.2 Å². The molecule has 3 heterocycles. The van der Waals surface area contributed by atoms with Crippen LogP contribution in [0.5, 0.6) is 5.75 Å². The zero-order valence-corrected chi connectivity index (χ0v) is 36.0. The van der Waals surface area contributed by atoms with Crippen molar-refractivity contribution in [2.24, 2.45) is 5.41 Å². The maximum atomic E-state index is 17.8. The third kappa shape index (κ3) is 10.9. The van der Waals surface area contributed by atoms with E-state index in [0.717, 1.165) is 24.3 Å². The monoisotopic (exact) mass is 892 g/mol. The summed E-state index contributed by atoms with van der Waals surface area (Å²) in [6, 6.07) is 11.4. The van der Waals surface area contributed by atoms with E-state index in [9.17, 15) is 35.5 Å². The number of fused-ring (bicyclic) bond motifs is 1. The van der Waals surface area contributed by atoms with Crippen molar-refractivity contribution < 1.29 is 54.3 Å². The van der Waals surface area contributed by atoms with Gasteiger partial charge in [-0.05, 0) is 99.1 Å². The smallest absolute Gasteiger partial charge is 0.416 e. The molecule has 2 fully saturated rings. The van der Waals surface area contributed by atoms with Crippen LogP contribution in [0.1, 0.15) is 142 Å². The topological polar surface area (TPSA) is 146 Å². The Bertz CT molecular complexity index is 2260. The van der Waals surface area contributed by atoms with Gasteiger partial charge in [0.1, 0.15) is 6.10 Å². The summed E-state index contributed by atoms with van der Waals surface area (Å²) in [5, 5.41) is 9.99. The Kier molecular flexibility index (Phi) is 13.7. The zero-order valence-electron chi connectivity index (χ0n) is 35.2. The SMILES string of the molecule is CC(C)(O)CCOc1cnc(N2CCC(c3nc4c(c(C5CCC(F)(F)CC5)c3C(F)c3ccc(C(F)(F)F)cc3)[C@@H](OS(=O)(=O)c3ccccc3)CC(C)(C)C4)CC2)nc1.O. The van der Waals surface area contributed by atoms with Crippen LogP contribution in [-0.2, 0) is 26.9 Å². The number of pyridine rings is 1. The van der Waals surface area contributed by atoms with E-state index in [1.807, 2.05) is 18.7 Å². The molecule has 7 rings (SSSR count).